The van der Waals surface area contributed by atoms with E-state index in [-0.39, 0.29) is 16.5 Å². The van der Waals surface area contributed by atoms with Crippen molar-refractivity contribution in [3.05, 3.63) is 16.9 Å². The molecule has 0 N–H and O–H groups in total. The summed E-state index contributed by atoms with van der Waals surface area (Å²) in [5, 5.41) is 0. The predicted molar refractivity (Wildman–Crippen MR) is 153 cm³/mol. The summed E-state index contributed by atoms with van der Waals surface area (Å²) < 4.78 is 3.61. The van der Waals surface area contributed by atoms with Gasteiger partial charge in [-0.05, 0) is 46.7 Å². The fourth-order valence-electron chi connectivity index (χ4n) is 1.21. The van der Waals surface area contributed by atoms with E-state index in [0.717, 1.165) is 40.0 Å². The van der Waals surface area contributed by atoms with Gasteiger partial charge in [0, 0.05) is 16.5 Å². The van der Waals surface area contributed by atoms with E-state index >= 15 is 0 Å². The summed E-state index contributed by atoms with van der Waals surface area (Å²) in [5.74, 6) is 6.99. The minimum Gasteiger partial charge on any atom is -0.774 e. The molecule has 29 heavy (non-hydrogen) atoms. The van der Waals surface area contributed by atoms with E-state index in [2.05, 4.69) is 55.4 Å². The molecule has 0 heterocycles. The van der Waals surface area contributed by atoms with E-state index in [1.54, 1.807) is 47.0 Å². The van der Waals surface area contributed by atoms with Gasteiger partial charge < -0.3 is 50.5 Å². The van der Waals surface area contributed by atoms with Crippen LogP contribution in [0.25, 0.3) is 0 Å². The molecule has 0 nitrogen and oxygen atoms in total. The van der Waals surface area contributed by atoms with E-state index in [1.807, 2.05) is 0 Å². The fraction of sp³-hybridized carbons (Fsp3) is 0.800. The van der Waals surface area contributed by atoms with E-state index in [4.69, 9.17) is 50.5 Å². The molecule has 0 bridgehead atoms. The molecule has 0 rings (SSSR count). The average molecular weight is 592 g/mol. The summed E-state index contributed by atoms with van der Waals surface area (Å²) in [4.78, 5) is 0. The van der Waals surface area contributed by atoms with E-state index in [9.17, 15) is 0 Å². The third-order valence-electron chi connectivity index (χ3n) is 2.52. The van der Waals surface area contributed by atoms with Crippen molar-refractivity contribution in [1.82, 2.24) is 0 Å². The van der Waals surface area contributed by atoms with E-state index < -0.39 is 0 Å². The van der Waals surface area contributed by atoms with Gasteiger partial charge in [0.1, 0.15) is 0 Å². The Morgan fingerprint density at radius 3 is 0.690 bits per heavy atom. The first-order valence-electron chi connectivity index (χ1n) is 9.54. The first-order valence-corrected chi connectivity index (χ1v) is 15.1. The summed E-state index contributed by atoms with van der Waals surface area (Å²) in [6.45, 7) is 17.6. The van der Waals surface area contributed by atoms with Crippen molar-refractivity contribution in [1.29, 1.82) is 0 Å². The monoisotopic (exact) mass is 590 g/mol. The molecule has 178 valence electrons. The molecule has 0 aliphatic heterocycles. The van der Waals surface area contributed by atoms with Crippen LogP contribution in [-0.2, 0) is 67.0 Å². The van der Waals surface area contributed by atoms with Crippen molar-refractivity contribution in [2.45, 2.75) is 55.4 Å². The molecule has 0 aromatic rings. The van der Waals surface area contributed by atoms with Crippen LogP contribution >= 0.6 is 47.0 Å². The van der Waals surface area contributed by atoms with Gasteiger partial charge in [0.15, 0.2) is 0 Å². The summed E-state index contributed by atoms with van der Waals surface area (Å²) in [6, 6.07) is 0. The summed E-state index contributed by atoms with van der Waals surface area (Å²) in [7, 11) is 0. The van der Waals surface area contributed by atoms with Gasteiger partial charge in [0.25, 0.3) is 0 Å². The minimum atomic E-state index is 0. The van der Waals surface area contributed by atoms with Gasteiger partial charge in [-0.25, -0.2) is 0 Å². The third-order valence-corrected chi connectivity index (χ3v) is 11.0. The molecule has 0 atom stereocenters. The first-order chi connectivity index (χ1) is 12.9. The SMILES string of the molecule is CC(C)CS/C([S-])=C(/[S-])SCC(C)C.CC(C)CS/C([S-])=C(/[S-])SCC(C)C.[Ni]. The number of thioether (sulfide) groups is 4. The molecule has 0 fully saturated rings. The quantitative estimate of drug-likeness (QED) is 0.164. The number of hydrogen-bond acceptors (Lipinski definition) is 8. The second-order valence-corrected chi connectivity index (χ2v) is 14.8. The van der Waals surface area contributed by atoms with Crippen LogP contribution in [0.15, 0.2) is 16.9 Å². The minimum absolute atomic E-state index is 0. The Bertz CT molecular complexity index is 377. The molecule has 0 aliphatic rings. The molecule has 0 aliphatic carbocycles. The van der Waals surface area contributed by atoms with Gasteiger partial charge in [-0.3, -0.25) is 0 Å². The Kier molecular flexibility index (Phi) is 27.3. The zero-order valence-electron chi connectivity index (χ0n) is 18.7. The Morgan fingerprint density at radius 1 is 0.448 bits per heavy atom. The average Bonchev–Trinajstić information content (AvgIpc) is 2.60. The Morgan fingerprint density at radius 2 is 0.586 bits per heavy atom. The summed E-state index contributed by atoms with van der Waals surface area (Å²) in [6.07, 6.45) is 0. The third kappa shape index (κ3) is 26.4. The predicted octanol–water partition coefficient (Wildman–Crippen LogP) is 7.97. The molecule has 0 radical (unpaired) electrons. The molecule has 0 amide bonds. The maximum absolute atomic E-state index is 5.25. The maximum atomic E-state index is 5.25. The molecule has 0 saturated heterocycles. The molecule has 9 heteroatoms. The topological polar surface area (TPSA) is 0 Å². The molecule has 0 spiro atoms. The van der Waals surface area contributed by atoms with Gasteiger partial charge in [0.2, 0.25) is 0 Å². The zero-order chi connectivity index (χ0) is 22.3. The molecule has 0 unspecified atom stereocenters. The second kappa shape index (κ2) is 22.1. The molecular formula is C20H36NiS8-4. The van der Waals surface area contributed by atoms with Gasteiger partial charge in [-0.2, -0.15) is 64.0 Å². The molecule has 0 aromatic heterocycles. The molecular weight excluding hydrogens is 555 g/mol. The van der Waals surface area contributed by atoms with E-state index in [0.29, 0.717) is 23.7 Å². The number of hydrogen-bond donors (Lipinski definition) is 0. The van der Waals surface area contributed by atoms with Crippen molar-refractivity contribution in [2.24, 2.45) is 23.7 Å². The van der Waals surface area contributed by atoms with Crippen LogP contribution in [-0.4, -0.2) is 23.0 Å². The maximum Gasteiger partial charge on any atom is 0 e. The van der Waals surface area contributed by atoms with Crippen LogP contribution in [0.5, 0.6) is 0 Å². The Balaban J connectivity index is -0.000000451. The van der Waals surface area contributed by atoms with Gasteiger partial charge >= 0.3 is 0 Å². The van der Waals surface area contributed by atoms with Gasteiger partial charge in [-0.1, -0.05) is 55.4 Å². The van der Waals surface area contributed by atoms with Gasteiger partial charge in [-0.15, -0.1) is 0 Å². The van der Waals surface area contributed by atoms with Crippen LogP contribution in [0.3, 0.4) is 0 Å². The largest absolute Gasteiger partial charge is 0.774 e. The number of rotatable bonds is 12. The molecule has 0 saturated carbocycles. The van der Waals surface area contributed by atoms with Crippen LogP contribution in [0.4, 0.5) is 0 Å². The Hall–Kier alpha value is 2.25. The summed E-state index contributed by atoms with van der Waals surface area (Å²) in [5.41, 5.74) is 0. The standard InChI is InChI=1S/2C10H20S4.Ni/c2*1-7(2)5-13-9(11)10(12)14-6-8(3)4;/h2*7-8,11-12H,5-6H2,1-4H3;/p-4/b2*10-9-;. The summed E-state index contributed by atoms with van der Waals surface area (Å²) >= 11 is 27.8. The van der Waals surface area contributed by atoms with Crippen LogP contribution < -0.4 is 0 Å². The smallest absolute Gasteiger partial charge is 0 e. The first kappa shape index (κ1) is 35.8. The van der Waals surface area contributed by atoms with Crippen molar-refractivity contribution in [2.75, 3.05) is 23.0 Å². The molecule has 0 aromatic carbocycles. The van der Waals surface area contributed by atoms with Crippen LogP contribution in [0.1, 0.15) is 55.4 Å². The van der Waals surface area contributed by atoms with Crippen molar-refractivity contribution in [3.8, 4) is 0 Å². The van der Waals surface area contributed by atoms with Gasteiger partial charge in [0.05, 0.1) is 0 Å². The second-order valence-electron chi connectivity index (χ2n) is 7.97. The zero-order valence-corrected chi connectivity index (χ0v) is 26.2. The Labute approximate surface area is 230 Å². The van der Waals surface area contributed by atoms with Crippen molar-refractivity contribution >= 4 is 97.6 Å². The fourth-order valence-corrected chi connectivity index (χ4v) is 5.85. The van der Waals surface area contributed by atoms with Crippen LogP contribution in [0.2, 0.25) is 0 Å². The van der Waals surface area contributed by atoms with Crippen LogP contribution in [0, 0.1) is 23.7 Å². The van der Waals surface area contributed by atoms with Crippen molar-refractivity contribution < 1.29 is 16.5 Å². The van der Waals surface area contributed by atoms with E-state index in [1.165, 1.54) is 0 Å². The van der Waals surface area contributed by atoms with Crippen molar-refractivity contribution in [3.63, 3.8) is 0 Å². The normalized spacial score (nSPS) is 13.1.